The lowest BCUT2D eigenvalue weighted by Crippen LogP contribution is -2.48. The van der Waals surface area contributed by atoms with Gasteiger partial charge in [-0.05, 0) is 30.2 Å². The average molecular weight is 350 g/mol. The number of hydrogen-bond acceptors (Lipinski definition) is 4. The van der Waals surface area contributed by atoms with Crippen LogP contribution in [-0.2, 0) is 18.4 Å². The van der Waals surface area contributed by atoms with Crippen LogP contribution in [0.4, 0.5) is 0 Å². The Hall–Kier alpha value is -2.93. The van der Waals surface area contributed by atoms with Crippen molar-refractivity contribution in [3.63, 3.8) is 0 Å². The van der Waals surface area contributed by atoms with Crippen LogP contribution in [0.15, 0.2) is 55.2 Å². The van der Waals surface area contributed by atoms with E-state index in [1.165, 1.54) is 5.56 Å². The summed E-state index contributed by atoms with van der Waals surface area (Å²) in [4.78, 5) is 15.9. The summed E-state index contributed by atoms with van der Waals surface area (Å²) >= 11 is 0. The molecule has 1 fully saturated rings. The summed E-state index contributed by atoms with van der Waals surface area (Å²) in [7, 11) is 1.90. The fourth-order valence-corrected chi connectivity index (χ4v) is 3.44. The summed E-state index contributed by atoms with van der Waals surface area (Å²) in [5, 5.41) is 10.9. The van der Waals surface area contributed by atoms with E-state index in [0.717, 1.165) is 24.3 Å². The smallest absolute Gasteiger partial charge is 0.220 e. The van der Waals surface area contributed by atoms with Gasteiger partial charge in [-0.25, -0.2) is 4.98 Å². The molecule has 0 radical (unpaired) electrons. The quantitative estimate of drug-likeness (QED) is 0.734. The number of carbonyl (C=O) groups excluding carboxylic acids is 1. The lowest BCUT2D eigenvalue weighted by Gasteiger charge is -2.33. The molecule has 7 nitrogen and oxygen atoms in total. The summed E-state index contributed by atoms with van der Waals surface area (Å²) in [6.45, 7) is 0.749. The Kier molecular flexibility index (Phi) is 4.53. The number of benzene rings is 1. The van der Waals surface area contributed by atoms with Gasteiger partial charge in [0.05, 0.1) is 18.1 Å². The van der Waals surface area contributed by atoms with Crippen LogP contribution < -0.4 is 10.6 Å². The lowest BCUT2D eigenvalue weighted by atomic mass is 9.95. The molecule has 0 bridgehead atoms. The zero-order valence-electron chi connectivity index (χ0n) is 14.7. The number of imidazole rings is 1. The summed E-state index contributed by atoms with van der Waals surface area (Å²) in [5.41, 5.74) is 3.31. The van der Waals surface area contributed by atoms with E-state index in [4.69, 9.17) is 0 Å². The van der Waals surface area contributed by atoms with Crippen LogP contribution in [0.2, 0.25) is 0 Å². The van der Waals surface area contributed by atoms with E-state index >= 15 is 0 Å². The van der Waals surface area contributed by atoms with E-state index in [1.807, 2.05) is 28.6 Å². The summed E-state index contributed by atoms with van der Waals surface area (Å²) in [6, 6.07) is 10.5. The molecule has 2 atom stereocenters. The van der Waals surface area contributed by atoms with Gasteiger partial charge in [0.2, 0.25) is 5.91 Å². The van der Waals surface area contributed by atoms with Crippen LogP contribution in [-0.4, -0.2) is 31.3 Å². The maximum absolute atomic E-state index is 11.9. The molecule has 4 rings (SSSR count). The first-order valence-corrected chi connectivity index (χ1v) is 8.78. The monoisotopic (exact) mass is 350 g/mol. The Morgan fingerprint density at radius 2 is 2.08 bits per heavy atom. The highest BCUT2D eigenvalue weighted by Crippen LogP contribution is 2.24. The van der Waals surface area contributed by atoms with Gasteiger partial charge in [-0.2, -0.15) is 5.10 Å². The maximum Gasteiger partial charge on any atom is 0.220 e. The number of piperidine rings is 1. The van der Waals surface area contributed by atoms with E-state index in [9.17, 15) is 4.79 Å². The van der Waals surface area contributed by atoms with Crippen molar-refractivity contribution >= 4 is 5.91 Å². The van der Waals surface area contributed by atoms with Crippen LogP contribution in [0, 0.1) is 0 Å². The normalized spacial score (nSPS) is 20.1. The molecule has 1 amide bonds. The SMILES string of the molecule is Cn1nccc1[C@@H]1NC(=O)CC[C@H]1NCc1ccc(-n2ccnc2)cc1. The molecule has 26 heavy (non-hydrogen) atoms. The van der Waals surface area contributed by atoms with E-state index in [-0.39, 0.29) is 18.0 Å². The molecule has 134 valence electrons. The average Bonchev–Trinajstić information content (AvgIpc) is 3.33. The van der Waals surface area contributed by atoms with Crippen molar-refractivity contribution in [2.45, 2.75) is 31.5 Å². The number of aryl methyl sites for hydroxylation is 1. The van der Waals surface area contributed by atoms with Crippen molar-refractivity contribution in [3.05, 3.63) is 66.5 Å². The van der Waals surface area contributed by atoms with Crippen molar-refractivity contribution in [2.24, 2.45) is 7.05 Å². The van der Waals surface area contributed by atoms with Gasteiger partial charge in [0.25, 0.3) is 0 Å². The summed E-state index contributed by atoms with van der Waals surface area (Å²) < 4.78 is 3.80. The van der Waals surface area contributed by atoms with E-state index in [2.05, 4.69) is 45.0 Å². The summed E-state index contributed by atoms with van der Waals surface area (Å²) in [5.74, 6) is 0.0962. The molecule has 1 aliphatic rings. The third-order valence-corrected chi connectivity index (χ3v) is 4.89. The van der Waals surface area contributed by atoms with Crippen molar-refractivity contribution in [1.29, 1.82) is 0 Å². The maximum atomic E-state index is 11.9. The number of carbonyl (C=O) groups is 1. The van der Waals surface area contributed by atoms with Gasteiger partial charge in [0.15, 0.2) is 0 Å². The van der Waals surface area contributed by atoms with Crippen molar-refractivity contribution in [3.8, 4) is 5.69 Å². The molecule has 1 saturated heterocycles. The van der Waals surface area contributed by atoms with Gasteiger partial charge in [-0.1, -0.05) is 12.1 Å². The van der Waals surface area contributed by atoms with Gasteiger partial charge in [0, 0.05) is 50.3 Å². The second-order valence-corrected chi connectivity index (χ2v) is 6.59. The predicted molar refractivity (Wildman–Crippen MR) is 97.5 cm³/mol. The minimum atomic E-state index is -0.0611. The zero-order chi connectivity index (χ0) is 17.9. The number of amides is 1. The van der Waals surface area contributed by atoms with Gasteiger partial charge in [-0.15, -0.1) is 0 Å². The Labute approximate surface area is 152 Å². The fourth-order valence-electron chi connectivity index (χ4n) is 3.44. The van der Waals surface area contributed by atoms with Gasteiger partial charge >= 0.3 is 0 Å². The van der Waals surface area contributed by atoms with Crippen molar-refractivity contribution in [1.82, 2.24) is 30.0 Å². The van der Waals surface area contributed by atoms with Crippen LogP contribution in [0.3, 0.4) is 0 Å². The predicted octanol–water partition coefficient (Wildman–Crippen LogP) is 1.72. The van der Waals surface area contributed by atoms with E-state index in [1.54, 1.807) is 18.7 Å². The number of aromatic nitrogens is 4. The first kappa shape index (κ1) is 16.5. The number of nitrogens with one attached hydrogen (secondary N) is 2. The zero-order valence-corrected chi connectivity index (χ0v) is 14.7. The first-order valence-electron chi connectivity index (χ1n) is 8.78. The largest absolute Gasteiger partial charge is 0.346 e. The minimum absolute atomic E-state index is 0.0611. The molecule has 3 heterocycles. The van der Waals surface area contributed by atoms with Crippen molar-refractivity contribution in [2.75, 3.05) is 0 Å². The molecule has 1 aromatic carbocycles. The lowest BCUT2D eigenvalue weighted by molar-refractivity contribution is -0.124. The molecule has 0 saturated carbocycles. The second-order valence-electron chi connectivity index (χ2n) is 6.59. The molecule has 2 N–H and O–H groups in total. The second kappa shape index (κ2) is 7.13. The van der Waals surface area contributed by atoms with E-state index in [0.29, 0.717) is 6.42 Å². The molecule has 0 unspecified atom stereocenters. The topological polar surface area (TPSA) is 76.8 Å². The Morgan fingerprint density at radius 1 is 1.23 bits per heavy atom. The van der Waals surface area contributed by atoms with Crippen LogP contribution in [0.25, 0.3) is 5.69 Å². The number of rotatable bonds is 5. The Balaban J connectivity index is 1.44. The minimum Gasteiger partial charge on any atom is -0.346 e. The van der Waals surface area contributed by atoms with Gasteiger partial charge in [0.1, 0.15) is 0 Å². The van der Waals surface area contributed by atoms with Crippen LogP contribution in [0.5, 0.6) is 0 Å². The number of hydrogen-bond donors (Lipinski definition) is 2. The highest BCUT2D eigenvalue weighted by molar-refractivity contribution is 5.77. The first-order chi connectivity index (χ1) is 12.7. The molecular weight excluding hydrogens is 328 g/mol. The highest BCUT2D eigenvalue weighted by Gasteiger charge is 2.31. The van der Waals surface area contributed by atoms with Crippen molar-refractivity contribution < 1.29 is 4.79 Å². The van der Waals surface area contributed by atoms with E-state index < -0.39 is 0 Å². The molecule has 3 aromatic rings. The molecule has 0 spiro atoms. The third kappa shape index (κ3) is 3.39. The molecule has 2 aromatic heterocycles. The molecule has 7 heteroatoms. The number of nitrogens with zero attached hydrogens (tertiary/aromatic N) is 4. The highest BCUT2D eigenvalue weighted by atomic mass is 16.1. The molecule has 1 aliphatic heterocycles. The van der Waals surface area contributed by atoms with Gasteiger partial charge in [-0.3, -0.25) is 9.48 Å². The molecule has 0 aliphatic carbocycles. The van der Waals surface area contributed by atoms with Gasteiger partial charge < -0.3 is 15.2 Å². The van der Waals surface area contributed by atoms with Crippen LogP contribution >= 0.6 is 0 Å². The third-order valence-electron chi connectivity index (χ3n) is 4.89. The summed E-state index contributed by atoms with van der Waals surface area (Å²) in [6.07, 6.45) is 8.61. The van der Waals surface area contributed by atoms with Crippen LogP contribution in [0.1, 0.15) is 30.1 Å². The fraction of sp³-hybridized carbons (Fsp3) is 0.316. The Morgan fingerprint density at radius 3 is 2.77 bits per heavy atom. The molecular formula is C19H22N6O. The standard InChI is InChI=1S/C19H22N6O/c1-24-17(8-9-22-24)19-16(6-7-18(26)23-19)21-12-14-2-4-15(5-3-14)25-11-10-20-13-25/h2-5,8-11,13,16,19,21H,6-7,12H2,1H3,(H,23,26)/t16-,19-/m1/s1. The Bertz CT molecular complexity index is 868.